The minimum Gasteiger partial charge on any atom is -0.393 e. The van der Waals surface area contributed by atoms with E-state index in [1.807, 2.05) is 0 Å². The number of hydrogen-bond donors (Lipinski definition) is 2. The third kappa shape index (κ3) is 3.05. The van der Waals surface area contributed by atoms with Crippen molar-refractivity contribution in [2.24, 2.45) is 11.7 Å². The molecule has 1 heterocycles. The van der Waals surface area contributed by atoms with Crippen molar-refractivity contribution in [3.63, 3.8) is 0 Å². The van der Waals surface area contributed by atoms with Crippen LogP contribution in [0.15, 0.2) is 22.9 Å². The molecule has 3 N–H and O–H groups in total. The van der Waals surface area contributed by atoms with Crippen LogP contribution in [0.2, 0.25) is 0 Å². The number of hydrogen-bond acceptors (Lipinski definition) is 3. The number of halogens is 1. The molecule has 6 heteroatoms. The lowest BCUT2D eigenvalue weighted by atomic mass is 10.0. The second-order valence-corrected chi connectivity index (χ2v) is 5.80. The standard InChI is InChI=1S/C12H14BrN3OS/c13-8-4-7(5-15-6-8)12(17)16-10-3-1-2-9(10)11(14)18/h4-6,9-10H,1-3H2,(H2,14,18)(H,16,17). The maximum atomic E-state index is 12.1. The summed E-state index contributed by atoms with van der Waals surface area (Å²) in [5.41, 5.74) is 6.23. The van der Waals surface area contributed by atoms with Crippen LogP contribution in [0.1, 0.15) is 29.6 Å². The van der Waals surface area contributed by atoms with Gasteiger partial charge in [-0.3, -0.25) is 9.78 Å². The summed E-state index contributed by atoms with van der Waals surface area (Å²) in [6, 6.07) is 1.79. The highest BCUT2D eigenvalue weighted by molar-refractivity contribution is 9.10. The van der Waals surface area contributed by atoms with Gasteiger partial charge in [-0.1, -0.05) is 18.6 Å². The van der Waals surface area contributed by atoms with Crippen LogP contribution < -0.4 is 11.1 Å². The summed E-state index contributed by atoms with van der Waals surface area (Å²) in [5, 5.41) is 2.99. The molecule has 1 aromatic heterocycles. The van der Waals surface area contributed by atoms with E-state index in [4.69, 9.17) is 18.0 Å². The molecule has 2 atom stereocenters. The smallest absolute Gasteiger partial charge is 0.253 e. The van der Waals surface area contributed by atoms with Crippen LogP contribution in [0, 0.1) is 5.92 Å². The molecule has 1 aliphatic rings. The molecule has 1 fully saturated rings. The number of nitrogens with one attached hydrogen (secondary N) is 1. The van der Waals surface area contributed by atoms with Crippen molar-refractivity contribution in [1.29, 1.82) is 0 Å². The number of pyridine rings is 1. The van der Waals surface area contributed by atoms with Crippen LogP contribution in [0.5, 0.6) is 0 Å². The first-order valence-electron chi connectivity index (χ1n) is 5.78. The summed E-state index contributed by atoms with van der Waals surface area (Å²) in [6.45, 7) is 0. The summed E-state index contributed by atoms with van der Waals surface area (Å²) >= 11 is 8.32. The summed E-state index contributed by atoms with van der Waals surface area (Å²) in [5.74, 6) is -0.0130. The minimum atomic E-state index is -0.128. The molecule has 2 rings (SSSR count). The Morgan fingerprint density at radius 3 is 2.94 bits per heavy atom. The van der Waals surface area contributed by atoms with E-state index in [0.717, 1.165) is 23.7 Å². The van der Waals surface area contributed by atoms with Crippen molar-refractivity contribution in [1.82, 2.24) is 10.3 Å². The molecule has 1 saturated carbocycles. The summed E-state index contributed by atoms with van der Waals surface area (Å²) in [7, 11) is 0. The Labute approximate surface area is 119 Å². The fourth-order valence-corrected chi connectivity index (χ4v) is 2.91. The highest BCUT2D eigenvalue weighted by Crippen LogP contribution is 2.26. The average Bonchev–Trinajstić information content (AvgIpc) is 2.77. The lowest BCUT2D eigenvalue weighted by Crippen LogP contribution is -2.41. The zero-order chi connectivity index (χ0) is 13.1. The first kappa shape index (κ1) is 13.4. The lowest BCUT2D eigenvalue weighted by Gasteiger charge is -2.19. The molecule has 0 spiro atoms. The molecule has 96 valence electrons. The fraction of sp³-hybridized carbons (Fsp3) is 0.417. The summed E-state index contributed by atoms with van der Waals surface area (Å²) in [4.78, 5) is 16.5. The van der Waals surface area contributed by atoms with Gasteiger partial charge in [0.05, 0.1) is 10.6 Å². The molecule has 0 radical (unpaired) electrons. The molecule has 1 amide bonds. The van der Waals surface area contributed by atoms with Gasteiger partial charge in [-0.05, 0) is 34.8 Å². The van der Waals surface area contributed by atoms with Gasteiger partial charge >= 0.3 is 0 Å². The van der Waals surface area contributed by atoms with Crippen LogP contribution in [0.4, 0.5) is 0 Å². The van der Waals surface area contributed by atoms with Crippen molar-refractivity contribution < 1.29 is 4.79 Å². The fourth-order valence-electron chi connectivity index (χ4n) is 2.26. The number of nitrogens with zero attached hydrogens (tertiary/aromatic N) is 1. The second-order valence-electron chi connectivity index (χ2n) is 4.41. The number of amides is 1. The van der Waals surface area contributed by atoms with Crippen molar-refractivity contribution >= 4 is 39.0 Å². The first-order valence-corrected chi connectivity index (χ1v) is 6.99. The lowest BCUT2D eigenvalue weighted by molar-refractivity contribution is 0.0933. The van der Waals surface area contributed by atoms with Gasteiger partial charge in [-0.15, -0.1) is 0 Å². The molecule has 1 aliphatic carbocycles. The van der Waals surface area contributed by atoms with Crippen LogP contribution in [0.25, 0.3) is 0 Å². The SMILES string of the molecule is NC(=S)C1CCCC1NC(=O)c1cncc(Br)c1. The van der Waals surface area contributed by atoms with Crippen molar-refractivity contribution in [3.05, 3.63) is 28.5 Å². The number of nitrogens with two attached hydrogens (primary N) is 1. The Kier molecular flexibility index (Phi) is 4.29. The van der Waals surface area contributed by atoms with Gasteiger partial charge in [-0.25, -0.2) is 0 Å². The molecule has 0 saturated heterocycles. The zero-order valence-electron chi connectivity index (χ0n) is 9.73. The summed E-state index contributed by atoms with van der Waals surface area (Å²) < 4.78 is 0.785. The van der Waals surface area contributed by atoms with E-state index in [0.29, 0.717) is 10.6 Å². The predicted molar refractivity (Wildman–Crippen MR) is 77.3 cm³/mol. The maximum absolute atomic E-state index is 12.1. The number of thiocarbonyl (C=S) groups is 1. The Balaban J connectivity index is 2.05. The normalized spacial score (nSPS) is 22.7. The first-order chi connectivity index (χ1) is 8.58. The van der Waals surface area contributed by atoms with Crippen LogP contribution in [-0.2, 0) is 0 Å². The third-order valence-corrected chi connectivity index (χ3v) is 3.90. The van der Waals surface area contributed by atoms with Gasteiger partial charge in [-0.2, -0.15) is 0 Å². The van der Waals surface area contributed by atoms with Crippen LogP contribution in [-0.4, -0.2) is 21.9 Å². The van der Waals surface area contributed by atoms with E-state index < -0.39 is 0 Å². The minimum absolute atomic E-state index is 0.0500. The van der Waals surface area contributed by atoms with E-state index in [2.05, 4.69) is 26.2 Å². The maximum Gasteiger partial charge on any atom is 0.253 e. The molecule has 0 bridgehead atoms. The number of carbonyl (C=O) groups is 1. The van der Waals surface area contributed by atoms with E-state index in [1.54, 1.807) is 18.5 Å². The third-order valence-electron chi connectivity index (χ3n) is 3.16. The van der Waals surface area contributed by atoms with E-state index in [-0.39, 0.29) is 17.9 Å². The Hall–Kier alpha value is -1.01. The molecule has 0 aliphatic heterocycles. The molecular formula is C12H14BrN3OS. The van der Waals surface area contributed by atoms with E-state index in [9.17, 15) is 4.79 Å². The van der Waals surface area contributed by atoms with E-state index in [1.165, 1.54) is 0 Å². The monoisotopic (exact) mass is 327 g/mol. The molecule has 18 heavy (non-hydrogen) atoms. The molecular weight excluding hydrogens is 314 g/mol. The topological polar surface area (TPSA) is 68.0 Å². The number of carbonyl (C=O) groups excluding carboxylic acids is 1. The summed E-state index contributed by atoms with van der Waals surface area (Å²) in [6.07, 6.45) is 6.12. The molecule has 1 aromatic rings. The van der Waals surface area contributed by atoms with Gasteiger partial charge in [0.25, 0.3) is 5.91 Å². The quantitative estimate of drug-likeness (QED) is 0.833. The Bertz CT molecular complexity index is 480. The van der Waals surface area contributed by atoms with Gasteiger partial charge in [0, 0.05) is 28.8 Å². The van der Waals surface area contributed by atoms with Crippen LogP contribution >= 0.6 is 28.1 Å². The second kappa shape index (κ2) is 5.75. The Morgan fingerprint density at radius 2 is 2.28 bits per heavy atom. The Morgan fingerprint density at radius 1 is 1.50 bits per heavy atom. The highest BCUT2D eigenvalue weighted by Gasteiger charge is 2.30. The van der Waals surface area contributed by atoms with Gasteiger partial charge in [0.1, 0.15) is 0 Å². The van der Waals surface area contributed by atoms with Crippen molar-refractivity contribution in [3.8, 4) is 0 Å². The highest BCUT2D eigenvalue weighted by atomic mass is 79.9. The van der Waals surface area contributed by atoms with Gasteiger partial charge < -0.3 is 11.1 Å². The zero-order valence-corrected chi connectivity index (χ0v) is 12.1. The predicted octanol–water partition coefficient (Wildman–Crippen LogP) is 2.03. The van der Waals surface area contributed by atoms with Crippen molar-refractivity contribution in [2.75, 3.05) is 0 Å². The molecule has 0 aromatic carbocycles. The largest absolute Gasteiger partial charge is 0.393 e. The molecule has 2 unspecified atom stereocenters. The number of rotatable bonds is 3. The van der Waals surface area contributed by atoms with Crippen LogP contribution in [0.3, 0.4) is 0 Å². The van der Waals surface area contributed by atoms with E-state index >= 15 is 0 Å². The molecule has 4 nitrogen and oxygen atoms in total. The average molecular weight is 328 g/mol. The van der Waals surface area contributed by atoms with Gasteiger partial charge in [0.15, 0.2) is 0 Å². The number of aromatic nitrogens is 1. The van der Waals surface area contributed by atoms with Crippen molar-refractivity contribution in [2.45, 2.75) is 25.3 Å². The van der Waals surface area contributed by atoms with Gasteiger partial charge in [0.2, 0.25) is 0 Å².